The Labute approximate surface area is 200 Å². The van der Waals surface area contributed by atoms with Gasteiger partial charge in [0.05, 0.1) is 11.6 Å². The van der Waals surface area contributed by atoms with Crippen molar-refractivity contribution in [2.75, 3.05) is 32.8 Å². The number of rotatable bonds is 8. The molecule has 1 aliphatic heterocycles. The molecule has 1 heterocycles. The molecule has 1 amide bonds. The second-order valence-corrected chi connectivity index (χ2v) is 8.44. The zero-order valence-electron chi connectivity index (χ0n) is 18.9. The molecule has 33 heavy (non-hydrogen) atoms. The average Bonchev–Trinajstić information content (AvgIpc) is 2.85. The molecule has 0 N–H and O–H groups in total. The third-order valence-electron chi connectivity index (χ3n) is 5.74. The summed E-state index contributed by atoms with van der Waals surface area (Å²) in [6.07, 6.45) is 0. The lowest BCUT2D eigenvalue weighted by molar-refractivity contribution is 0.0628. The summed E-state index contributed by atoms with van der Waals surface area (Å²) in [6, 6.07) is 23.4. The van der Waals surface area contributed by atoms with Crippen molar-refractivity contribution >= 4 is 17.5 Å². The molecule has 1 saturated heterocycles. The van der Waals surface area contributed by atoms with Crippen molar-refractivity contribution in [1.29, 1.82) is 0 Å². The molecule has 172 valence electrons. The van der Waals surface area contributed by atoms with Crippen molar-refractivity contribution in [3.63, 3.8) is 0 Å². The molecule has 3 aromatic rings. The molecule has 0 aliphatic carbocycles. The fourth-order valence-corrected chi connectivity index (χ4v) is 4.16. The largest absolute Gasteiger partial charge is 0.493 e. The van der Waals surface area contributed by atoms with Gasteiger partial charge in [-0.2, -0.15) is 0 Å². The van der Waals surface area contributed by atoms with Gasteiger partial charge in [0.1, 0.15) is 18.1 Å². The second kappa shape index (κ2) is 11.2. The minimum atomic E-state index is 0.0383. The van der Waals surface area contributed by atoms with Crippen molar-refractivity contribution in [3.05, 3.63) is 94.5 Å². The number of nitrogens with zero attached hydrogens (tertiary/aromatic N) is 2. The van der Waals surface area contributed by atoms with Crippen LogP contribution in [-0.2, 0) is 13.2 Å². The van der Waals surface area contributed by atoms with E-state index in [9.17, 15) is 4.79 Å². The summed E-state index contributed by atoms with van der Waals surface area (Å²) in [5.41, 5.74) is 2.77. The van der Waals surface area contributed by atoms with E-state index in [0.717, 1.165) is 25.2 Å². The summed E-state index contributed by atoms with van der Waals surface area (Å²) in [6.45, 7) is 6.80. The Hall–Kier alpha value is -3.02. The number of benzene rings is 3. The molecule has 3 aromatic carbocycles. The maximum absolute atomic E-state index is 13.2. The van der Waals surface area contributed by atoms with E-state index in [0.29, 0.717) is 41.8 Å². The highest BCUT2D eigenvalue weighted by Crippen LogP contribution is 2.27. The van der Waals surface area contributed by atoms with Gasteiger partial charge in [-0.25, -0.2) is 0 Å². The van der Waals surface area contributed by atoms with Gasteiger partial charge in [0, 0.05) is 43.9 Å². The Morgan fingerprint density at radius 2 is 1.61 bits per heavy atom. The van der Waals surface area contributed by atoms with Crippen molar-refractivity contribution in [1.82, 2.24) is 9.80 Å². The molecule has 5 nitrogen and oxygen atoms in total. The fraction of sp³-hybridized carbons (Fsp3) is 0.296. The Morgan fingerprint density at radius 1 is 0.879 bits per heavy atom. The highest BCUT2D eigenvalue weighted by Gasteiger charge is 2.23. The first-order chi connectivity index (χ1) is 16.1. The highest BCUT2D eigenvalue weighted by molar-refractivity contribution is 6.32. The lowest BCUT2D eigenvalue weighted by atomic mass is 10.1. The Morgan fingerprint density at radius 3 is 2.33 bits per heavy atom. The number of amides is 1. The van der Waals surface area contributed by atoms with E-state index in [-0.39, 0.29) is 12.5 Å². The summed E-state index contributed by atoms with van der Waals surface area (Å²) < 4.78 is 11.7. The number of para-hydroxylation sites is 1. The van der Waals surface area contributed by atoms with Crippen molar-refractivity contribution in [2.45, 2.75) is 20.1 Å². The lowest BCUT2D eigenvalue weighted by Crippen LogP contribution is -2.48. The molecule has 0 unspecified atom stereocenters. The normalized spacial score (nSPS) is 14.2. The Balaban J connectivity index is 1.41. The molecule has 0 radical (unpaired) electrons. The van der Waals surface area contributed by atoms with E-state index in [1.54, 1.807) is 6.07 Å². The topological polar surface area (TPSA) is 42.0 Å². The van der Waals surface area contributed by atoms with Crippen LogP contribution in [0, 0.1) is 0 Å². The molecule has 0 bridgehead atoms. The molecule has 4 rings (SSSR count). The van der Waals surface area contributed by atoms with E-state index >= 15 is 0 Å². The monoisotopic (exact) mass is 464 g/mol. The summed E-state index contributed by atoms with van der Waals surface area (Å²) in [4.78, 5) is 17.5. The minimum Gasteiger partial charge on any atom is -0.493 e. The zero-order valence-corrected chi connectivity index (χ0v) is 19.6. The molecule has 1 fully saturated rings. The van der Waals surface area contributed by atoms with Crippen LogP contribution in [0.3, 0.4) is 0 Å². The van der Waals surface area contributed by atoms with Gasteiger partial charge in [-0.05, 0) is 42.8 Å². The van der Waals surface area contributed by atoms with Gasteiger partial charge >= 0.3 is 0 Å². The smallest absolute Gasteiger partial charge is 0.253 e. The summed E-state index contributed by atoms with van der Waals surface area (Å²) in [5.74, 6) is 1.36. The average molecular weight is 465 g/mol. The van der Waals surface area contributed by atoms with Crippen LogP contribution in [0.2, 0.25) is 5.02 Å². The van der Waals surface area contributed by atoms with Crippen LogP contribution in [0.4, 0.5) is 0 Å². The first-order valence-electron chi connectivity index (χ1n) is 11.3. The van der Waals surface area contributed by atoms with E-state index in [1.807, 2.05) is 54.3 Å². The van der Waals surface area contributed by atoms with E-state index in [2.05, 4.69) is 29.2 Å². The van der Waals surface area contributed by atoms with Gasteiger partial charge in [-0.1, -0.05) is 54.1 Å². The highest BCUT2D eigenvalue weighted by atomic mass is 35.5. The van der Waals surface area contributed by atoms with Crippen LogP contribution in [0.1, 0.15) is 28.4 Å². The Bertz CT molecular complexity index is 1070. The van der Waals surface area contributed by atoms with Crippen LogP contribution >= 0.6 is 11.6 Å². The number of hydrogen-bond donors (Lipinski definition) is 0. The van der Waals surface area contributed by atoms with E-state index in [4.69, 9.17) is 21.1 Å². The van der Waals surface area contributed by atoms with Crippen molar-refractivity contribution in [2.24, 2.45) is 0 Å². The zero-order chi connectivity index (χ0) is 23.0. The van der Waals surface area contributed by atoms with Gasteiger partial charge in [0.15, 0.2) is 0 Å². The molecule has 1 aliphatic rings. The first kappa shape index (κ1) is 23.1. The fourth-order valence-electron chi connectivity index (χ4n) is 3.97. The molecule has 6 heteroatoms. The van der Waals surface area contributed by atoms with Gasteiger partial charge < -0.3 is 14.4 Å². The Kier molecular flexibility index (Phi) is 7.87. The third-order valence-corrected chi connectivity index (χ3v) is 6.05. The molecule has 0 atom stereocenters. The summed E-state index contributed by atoms with van der Waals surface area (Å²) >= 11 is 6.22. The van der Waals surface area contributed by atoms with Crippen LogP contribution in [0.15, 0.2) is 72.8 Å². The SMILES string of the molecule is CCOc1ccc(C(=O)N2CCN(Cc3ccccc3)CC2)cc1COc1ccccc1Cl. The first-order valence-corrected chi connectivity index (χ1v) is 11.7. The molecule has 0 spiro atoms. The number of carbonyl (C=O) groups excluding carboxylic acids is 1. The number of ether oxygens (including phenoxy) is 2. The standard InChI is InChI=1S/C27H29ClN2O3/c1-2-32-25-13-12-22(18-23(25)20-33-26-11-7-6-10-24(26)28)27(31)30-16-14-29(15-17-30)19-21-8-4-3-5-9-21/h3-13,18H,2,14-17,19-20H2,1H3. The van der Waals surface area contributed by atoms with Gasteiger partial charge in [0.2, 0.25) is 0 Å². The predicted octanol–water partition coefficient (Wildman–Crippen LogP) is 5.28. The van der Waals surface area contributed by atoms with Crippen molar-refractivity contribution in [3.8, 4) is 11.5 Å². The molecular formula is C27H29ClN2O3. The number of piperazine rings is 1. The lowest BCUT2D eigenvalue weighted by Gasteiger charge is -2.35. The number of hydrogen-bond acceptors (Lipinski definition) is 4. The van der Waals surface area contributed by atoms with Crippen LogP contribution < -0.4 is 9.47 Å². The summed E-state index contributed by atoms with van der Waals surface area (Å²) in [5, 5.41) is 0.552. The van der Waals surface area contributed by atoms with E-state index < -0.39 is 0 Å². The molecule has 0 aromatic heterocycles. The van der Waals surface area contributed by atoms with Crippen molar-refractivity contribution < 1.29 is 14.3 Å². The van der Waals surface area contributed by atoms with Gasteiger partial charge in [-0.15, -0.1) is 0 Å². The minimum absolute atomic E-state index is 0.0383. The van der Waals surface area contributed by atoms with Crippen LogP contribution in [0.5, 0.6) is 11.5 Å². The van der Waals surface area contributed by atoms with Gasteiger partial charge in [0.25, 0.3) is 5.91 Å². The number of halogens is 1. The third kappa shape index (κ3) is 6.06. The van der Waals surface area contributed by atoms with Crippen LogP contribution in [-0.4, -0.2) is 48.5 Å². The second-order valence-electron chi connectivity index (χ2n) is 8.03. The van der Waals surface area contributed by atoms with Crippen LogP contribution in [0.25, 0.3) is 0 Å². The van der Waals surface area contributed by atoms with Gasteiger partial charge in [-0.3, -0.25) is 9.69 Å². The van der Waals surface area contributed by atoms with E-state index in [1.165, 1.54) is 5.56 Å². The quantitative estimate of drug-likeness (QED) is 0.455. The summed E-state index contributed by atoms with van der Waals surface area (Å²) in [7, 11) is 0. The molecular weight excluding hydrogens is 436 g/mol. The molecule has 0 saturated carbocycles. The number of carbonyl (C=O) groups is 1. The maximum Gasteiger partial charge on any atom is 0.253 e. The maximum atomic E-state index is 13.2. The predicted molar refractivity (Wildman–Crippen MR) is 131 cm³/mol.